The lowest BCUT2D eigenvalue weighted by Gasteiger charge is -2.14. The summed E-state index contributed by atoms with van der Waals surface area (Å²) in [5.74, 6) is -23.7. The Morgan fingerprint density at radius 2 is 1.00 bits per heavy atom. The molecule has 0 saturated heterocycles. The number of pyridine rings is 1. The highest BCUT2D eigenvalue weighted by Gasteiger charge is 2.30. The Labute approximate surface area is 166 Å². The van der Waals surface area contributed by atoms with Gasteiger partial charge in [-0.05, 0) is 6.07 Å². The van der Waals surface area contributed by atoms with Crippen LogP contribution in [-0.2, 0) is 6.42 Å². The van der Waals surface area contributed by atoms with Crippen LogP contribution in [0.3, 0.4) is 0 Å². The normalized spacial score (nSPS) is 11.0. The van der Waals surface area contributed by atoms with Crippen LogP contribution < -0.4 is 0 Å². The summed E-state index contributed by atoms with van der Waals surface area (Å²) in [7, 11) is 0. The summed E-state index contributed by atoms with van der Waals surface area (Å²) in [5.41, 5.74) is -5.65. The van der Waals surface area contributed by atoms with Crippen molar-refractivity contribution in [3.8, 4) is 28.3 Å². The first-order valence-corrected chi connectivity index (χ1v) is 7.92. The number of nitrogens with zero attached hydrogens (tertiary/aromatic N) is 2. The molecule has 0 saturated carbocycles. The van der Waals surface area contributed by atoms with E-state index in [4.69, 9.17) is 5.26 Å². The van der Waals surface area contributed by atoms with E-state index in [9.17, 15) is 43.9 Å². The number of hydrogen-bond acceptors (Lipinski definition) is 2. The maximum atomic E-state index is 14.2. The lowest BCUT2D eigenvalue weighted by atomic mass is 9.96. The third kappa shape index (κ3) is 3.35. The predicted octanol–water partition coefficient (Wildman–Crippen LogP) is 5.87. The molecule has 0 aliphatic heterocycles. The molecule has 0 atom stereocenters. The highest BCUT2D eigenvalue weighted by Crippen LogP contribution is 2.37. The van der Waals surface area contributed by atoms with Crippen molar-refractivity contribution >= 4 is 0 Å². The van der Waals surface area contributed by atoms with Gasteiger partial charge in [0.25, 0.3) is 0 Å². The monoisotopic (exact) mass is 450 g/mol. The minimum Gasteiger partial charge on any atom is -0.259 e. The van der Waals surface area contributed by atoms with Gasteiger partial charge < -0.3 is 0 Å². The number of nitriles is 1. The fourth-order valence-corrected chi connectivity index (χ4v) is 2.76. The minimum atomic E-state index is -2.50. The van der Waals surface area contributed by atoms with E-state index in [-0.39, 0.29) is 0 Å². The number of aromatic nitrogens is 1. The molecule has 0 aliphatic rings. The second-order valence-electron chi connectivity index (χ2n) is 5.94. The van der Waals surface area contributed by atoms with Crippen LogP contribution in [0.25, 0.3) is 22.3 Å². The van der Waals surface area contributed by atoms with Crippen LogP contribution in [0.1, 0.15) is 5.69 Å². The number of benzene rings is 2. The molecule has 3 rings (SSSR count). The fourth-order valence-electron chi connectivity index (χ4n) is 2.76. The van der Waals surface area contributed by atoms with E-state index in [1.165, 1.54) is 6.07 Å². The molecule has 2 aromatic carbocycles. The molecule has 1 heterocycles. The third-order valence-corrected chi connectivity index (χ3v) is 4.19. The Morgan fingerprint density at radius 3 is 1.42 bits per heavy atom. The molecule has 31 heavy (non-hydrogen) atoms. The summed E-state index contributed by atoms with van der Waals surface area (Å²) in [6, 6.07) is 1.89. The molecule has 160 valence electrons. The molecular weight excluding hydrogens is 446 g/mol. The topological polar surface area (TPSA) is 36.7 Å². The molecule has 12 heteroatoms. The van der Waals surface area contributed by atoms with Gasteiger partial charge in [0.2, 0.25) is 11.6 Å². The van der Waals surface area contributed by atoms with Crippen LogP contribution in [0.4, 0.5) is 43.9 Å². The van der Waals surface area contributed by atoms with Crippen LogP contribution in [0.5, 0.6) is 0 Å². The summed E-state index contributed by atoms with van der Waals surface area (Å²) in [6.07, 6.45) is -0.243. The van der Waals surface area contributed by atoms with Crippen LogP contribution in [-0.4, -0.2) is 4.98 Å². The Balaban J connectivity index is 2.42. The van der Waals surface area contributed by atoms with Crippen molar-refractivity contribution in [3.63, 3.8) is 0 Å². The molecule has 0 N–H and O–H groups in total. The second kappa shape index (κ2) is 7.90. The Morgan fingerprint density at radius 1 is 0.613 bits per heavy atom. The number of hydrogen-bond donors (Lipinski definition) is 0. The molecule has 0 spiro atoms. The van der Waals surface area contributed by atoms with Crippen LogP contribution in [0.2, 0.25) is 0 Å². The van der Waals surface area contributed by atoms with E-state index in [1.54, 1.807) is 0 Å². The molecule has 0 radical (unpaired) electrons. The van der Waals surface area contributed by atoms with Crippen molar-refractivity contribution in [2.45, 2.75) is 6.42 Å². The van der Waals surface area contributed by atoms with Crippen molar-refractivity contribution in [2.24, 2.45) is 0 Å². The van der Waals surface area contributed by atoms with Crippen molar-refractivity contribution in [2.75, 3.05) is 0 Å². The average molecular weight is 450 g/mol. The van der Waals surface area contributed by atoms with E-state index in [2.05, 4.69) is 4.98 Å². The van der Waals surface area contributed by atoms with Crippen molar-refractivity contribution in [1.82, 2.24) is 4.98 Å². The van der Waals surface area contributed by atoms with Gasteiger partial charge in [-0.1, -0.05) is 0 Å². The van der Waals surface area contributed by atoms with Gasteiger partial charge in [0.15, 0.2) is 46.5 Å². The van der Waals surface area contributed by atoms with Crippen LogP contribution in [0.15, 0.2) is 12.3 Å². The second-order valence-corrected chi connectivity index (χ2v) is 5.94. The standard InChI is InChI=1S/C19H4F10N2/c20-10-8(11(21)15(25)18(28)14(10)24)5-3-6(7(1-2-30)31-4-5)9-12(22)16(26)19(29)17(27)13(9)23/h3-4H,1H2. The lowest BCUT2D eigenvalue weighted by molar-refractivity contribution is 0.381. The van der Waals surface area contributed by atoms with E-state index >= 15 is 0 Å². The average Bonchev–Trinajstić information content (AvgIpc) is 2.75. The third-order valence-electron chi connectivity index (χ3n) is 4.19. The maximum Gasteiger partial charge on any atom is 0.200 e. The van der Waals surface area contributed by atoms with Crippen molar-refractivity contribution in [3.05, 3.63) is 76.1 Å². The first-order valence-electron chi connectivity index (χ1n) is 7.92. The predicted molar refractivity (Wildman–Crippen MR) is 84.0 cm³/mol. The molecule has 0 aliphatic carbocycles. The Hall–Kier alpha value is -3.62. The zero-order valence-electron chi connectivity index (χ0n) is 14.5. The highest BCUT2D eigenvalue weighted by molar-refractivity contribution is 5.75. The largest absolute Gasteiger partial charge is 0.259 e. The van der Waals surface area contributed by atoms with Gasteiger partial charge in [-0.2, -0.15) is 5.26 Å². The van der Waals surface area contributed by atoms with E-state index < -0.39 is 92.5 Å². The highest BCUT2D eigenvalue weighted by atomic mass is 19.2. The molecule has 3 aromatic rings. The zero-order valence-corrected chi connectivity index (χ0v) is 14.5. The molecule has 0 amide bonds. The van der Waals surface area contributed by atoms with E-state index in [1.807, 2.05) is 0 Å². The summed E-state index contributed by atoms with van der Waals surface area (Å²) in [4.78, 5) is 3.48. The number of rotatable bonds is 3. The molecule has 2 nitrogen and oxygen atoms in total. The quantitative estimate of drug-likeness (QED) is 0.284. The van der Waals surface area contributed by atoms with Gasteiger partial charge in [0.1, 0.15) is 0 Å². The lowest BCUT2D eigenvalue weighted by Crippen LogP contribution is -2.08. The van der Waals surface area contributed by atoms with Crippen LogP contribution >= 0.6 is 0 Å². The van der Waals surface area contributed by atoms with Gasteiger partial charge in [-0.25, -0.2) is 43.9 Å². The van der Waals surface area contributed by atoms with Crippen LogP contribution in [0, 0.1) is 69.5 Å². The van der Waals surface area contributed by atoms with Crippen molar-refractivity contribution in [1.29, 1.82) is 5.26 Å². The molecule has 0 bridgehead atoms. The van der Waals surface area contributed by atoms with Crippen molar-refractivity contribution < 1.29 is 43.9 Å². The minimum absolute atomic E-state index is 0.399. The smallest absolute Gasteiger partial charge is 0.200 e. The molecule has 0 fully saturated rings. The van der Waals surface area contributed by atoms with Gasteiger partial charge in [0.05, 0.1) is 29.3 Å². The zero-order chi connectivity index (χ0) is 23.2. The molecule has 0 unspecified atom stereocenters. The van der Waals surface area contributed by atoms with Gasteiger partial charge in [0, 0.05) is 17.3 Å². The Kier molecular flexibility index (Phi) is 5.62. The fraction of sp³-hybridized carbons (Fsp3) is 0.0526. The van der Waals surface area contributed by atoms with Gasteiger partial charge >= 0.3 is 0 Å². The van der Waals surface area contributed by atoms with Gasteiger partial charge in [-0.3, -0.25) is 4.98 Å². The number of halogens is 10. The first kappa shape index (κ1) is 22.1. The summed E-state index contributed by atoms with van der Waals surface area (Å²) in [6.45, 7) is 0. The van der Waals surface area contributed by atoms with E-state index in [0.717, 1.165) is 0 Å². The summed E-state index contributed by atoms with van der Waals surface area (Å²) in [5, 5.41) is 8.81. The van der Waals surface area contributed by atoms with E-state index in [0.29, 0.717) is 12.3 Å². The maximum absolute atomic E-state index is 14.2. The Bertz CT molecular complexity index is 1220. The first-order chi connectivity index (χ1) is 14.5. The molecular formula is C19H4F10N2. The SMILES string of the molecule is N#CCc1ncc(-c2c(F)c(F)c(F)c(F)c2F)cc1-c1c(F)c(F)c(F)c(F)c1F. The summed E-state index contributed by atoms with van der Waals surface area (Å²) < 4.78 is 137. The molecule has 1 aromatic heterocycles. The van der Waals surface area contributed by atoms with Gasteiger partial charge in [-0.15, -0.1) is 0 Å². The summed E-state index contributed by atoms with van der Waals surface area (Å²) >= 11 is 0.